The van der Waals surface area contributed by atoms with Gasteiger partial charge in [-0.05, 0) is 37.8 Å². The summed E-state index contributed by atoms with van der Waals surface area (Å²) in [6.45, 7) is 2.64. The molecule has 0 heterocycles. The van der Waals surface area contributed by atoms with Crippen LogP contribution in [0.2, 0.25) is 0 Å². The minimum absolute atomic E-state index is 0.229. The Bertz CT molecular complexity index is 445. The number of hydrogen-bond acceptors (Lipinski definition) is 4. The molecule has 0 aromatic heterocycles. The van der Waals surface area contributed by atoms with Gasteiger partial charge in [0.1, 0.15) is 5.69 Å². The Hall–Kier alpha value is -1.23. The molecule has 1 aliphatic carbocycles. The molecule has 5 heteroatoms. The maximum absolute atomic E-state index is 11.3. The average molecular weight is 280 g/mol. The molecule has 104 valence electrons. The van der Waals surface area contributed by atoms with Gasteiger partial charge in [-0.25, -0.2) is 0 Å². The summed E-state index contributed by atoms with van der Waals surface area (Å²) < 4.78 is 0. The van der Waals surface area contributed by atoms with Crippen molar-refractivity contribution in [3.8, 4) is 0 Å². The summed E-state index contributed by atoms with van der Waals surface area (Å²) in [5, 5.41) is 14.3. The van der Waals surface area contributed by atoms with Gasteiger partial charge in [0, 0.05) is 12.3 Å². The molecule has 0 amide bonds. The maximum Gasteiger partial charge on any atom is 0.305 e. The fourth-order valence-corrected chi connectivity index (χ4v) is 3.79. The van der Waals surface area contributed by atoms with Crippen LogP contribution in [0.4, 0.5) is 11.4 Å². The normalized spacial score (nSPS) is 15.6. The van der Waals surface area contributed by atoms with E-state index >= 15 is 0 Å². The molecule has 0 aliphatic heterocycles. The Labute approximate surface area is 118 Å². The highest BCUT2D eigenvalue weighted by molar-refractivity contribution is 7.99. The van der Waals surface area contributed by atoms with Crippen LogP contribution in [0.3, 0.4) is 0 Å². The van der Waals surface area contributed by atoms with Gasteiger partial charge >= 0.3 is 5.69 Å². The van der Waals surface area contributed by atoms with E-state index in [0.29, 0.717) is 12.2 Å². The molecular formula is C14H20N2O2S. The standard InChI is InChI=1S/C14H20N2O2S/c1-2-15-12-8-5-9-13(14(12)16(17)18)19-10-11-6-3-4-7-11/h5,8-9,11,15H,2-4,6-7,10H2,1H3. The van der Waals surface area contributed by atoms with E-state index in [2.05, 4.69) is 5.32 Å². The first-order valence-corrected chi connectivity index (χ1v) is 7.85. The number of anilines is 1. The van der Waals surface area contributed by atoms with E-state index in [1.807, 2.05) is 19.1 Å². The van der Waals surface area contributed by atoms with Crippen LogP contribution in [-0.2, 0) is 0 Å². The highest BCUT2D eigenvalue weighted by Crippen LogP contribution is 2.38. The Kier molecular flexibility index (Phi) is 5.07. The SMILES string of the molecule is CCNc1cccc(SCC2CCCC2)c1[N+](=O)[O-]. The molecule has 1 fully saturated rings. The van der Waals surface area contributed by atoms with Crippen molar-refractivity contribution in [3.05, 3.63) is 28.3 Å². The summed E-state index contributed by atoms with van der Waals surface area (Å²) in [6.07, 6.45) is 5.16. The van der Waals surface area contributed by atoms with E-state index in [4.69, 9.17) is 0 Å². The van der Waals surface area contributed by atoms with E-state index in [1.54, 1.807) is 17.8 Å². The van der Waals surface area contributed by atoms with Gasteiger partial charge in [0.05, 0.1) is 9.82 Å². The van der Waals surface area contributed by atoms with Crippen LogP contribution in [0.5, 0.6) is 0 Å². The first-order valence-electron chi connectivity index (χ1n) is 6.86. The van der Waals surface area contributed by atoms with Crippen LogP contribution >= 0.6 is 11.8 Å². The number of para-hydroxylation sites is 1. The Balaban J connectivity index is 2.13. The summed E-state index contributed by atoms with van der Waals surface area (Å²) in [4.78, 5) is 11.8. The summed E-state index contributed by atoms with van der Waals surface area (Å²) in [5.41, 5.74) is 0.858. The monoisotopic (exact) mass is 280 g/mol. The minimum atomic E-state index is -0.269. The van der Waals surface area contributed by atoms with Gasteiger partial charge in [-0.15, -0.1) is 11.8 Å². The van der Waals surface area contributed by atoms with E-state index < -0.39 is 0 Å². The van der Waals surface area contributed by atoms with Gasteiger partial charge in [-0.2, -0.15) is 0 Å². The predicted molar refractivity (Wildman–Crippen MR) is 79.9 cm³/mol. The Morgan fingerprint density at radius 1 is 1.42 bits per heavy atom. The third-order valence-corrected chi connectivity index (χ3v) is 4.78. The smallest absolute Gasteiger partial charge is 0.305 e. The first kappa shape index (κ1) is 14.2. The maximum atomic E-state index is 11.3. The highest BCUT2D eigenvalue weighted by Gasteiger charge is 2.21. The number of rotatable bonds is 6. The molecule has 1 saturated carbocycles. The zero-order valence-electron chi connectivity index (χ0n) is 11.2. The molecule has 19 heavy (non-hydrogen) atoms. The quantitative estimate of drug-likeness (QED) is 0.479. The van der Waals surface area contributed by atoms with Gasteiger partial charge < -0.3 is 5.32 Å². The van der Waals surface area contributed by atoms with Gasteiger partial charge in [0.25, 0.3) is 0 Å². The van der Waals surface area contributed by atoms with E-state index in [0.717, 1.165) is 16.6 Å². The van der Waals surface area contributed by atoms with E-state index in [-0.39, 0.29) is 10.6 Å². The van der Waals surface area contributed by atoms with Crippen molar-refractivity contribution in [1.29, 1.82) is 0 Å². The number of nitro benzene ring substituents is 1. The number of nitro groups is 1. The molecule has 4 nitrogen and oxygen atoms in total. The average Bonchev–Trinajstić information content (AvgIpc) is 2.89. The molecule has 0 radical (unpaired) electrons. The lowest BCUT2D eigenvalue weighted by Crippen LogP contribution is -2.03. The molecule has 1 aromatic rings. The lowest BCUT2D eigenvalue weighted by molar-refractivity contribution is -0.386. The first-order chi connectivity index (χ1) is 9.22. The van der Waals surface area contributed by atoms with Crippen molar-refractivity contribution in [1.82, 2.24) is 0 Å². The molecule has 1 aromatic carbocycles. The Morgan fingerprint density at radius 2 is 2.16 bits per heavy atom. The van der Waals surface area contributed by atoms with Crippen LogP contribution in [0.15, 0.2) is 23.1 Å². The second-order valence-electron chi connectivity index (χ2n) is 4.90. The van der Waals surface area contributed by atoms with Gasteiger partial charge in [0.15, 0.2) is 0 Å². The molecule has 0 bridgehead atoms. The topological polar surface area (TPSA) is 55.2 Å². The molecule has 1 aliphatic rings. The molecule has 0 unspecified atom stereocenters. The number of nitrogens with zero attached hydrogens (tertiary/aromatic N) is 1. The molecule has 0 saturated heterocycles. The minimum Gasteiger partial charge on any atom is -0.380 e. The van der Waals surface area contributed by atoms with Crippen LogP contribution in [0.25, 0.3) is 0 Å². The van der Waals surface area contributed by atoms with Crippen LogP contribution in [0.1, 0.15) is 32.6 Å². The zero-order valence-corrected chi connectivity index (χ0v) is 12.0. The summed E-state index contributed by atoms with van der Waals surface area (Å²) in [7, 11) is 0. The summed E-state index contributed by atoms with van der Waals surface area (Å²) in [6, 6.07) is 5.53. The third kappa shape index (κ3) is 3.62. The van der Waals surface area contributed by atoms with Crippen LogP contribution < -0.4 is 5.32 Å². The predicted octanol–water partition coefficient (Wildman–Crippen LogP) is 4.31. The van der Waals surface area contributed by atoms with Crippen molar-refractivity contribution >= 4 is 23.1 Å². The second-order valence-corrected chi connectivity index (χ2v) is 5.96. The van der Waals surface area contributed by atoms with Crippen LogP contribution in [0, 0.1) is 16.0 Å². The van der Waals surface area contributed by atoms with Crippen molar-refractivity contribution in [3.63, 3.8) is 0 Å². The van der Waals surface area contributed by atoms with Crippen molar-refractivity contribution < 1.29 is 4.92 Å². The molecule has 2 rings (SSSR count). The number of hydrogen-bond donors (Lipinski definition) is 1. The summed E-state index contributed by atoms with van der Waals surface area (Å²) in [5.74, 6) is 1.73. The fraction of sp³-hybridized carbons (Fsp3) is 0.571. The second kappa shape index (κ2) is 6.80. The van der Waals surface area contributed by atoms with E-state index in [9.17, 15) is 10.1 Å². The van der Waals surface area contributed by atoms with Crippen molar-refractivity contribution in [2.45, 2.75) is 37.5 Å². The van der Waals surface area contributed by atoms with Gasteiger partial charge in [-0.3, -0.25) is 10.1 Å². The summed E-state index contributed by atoms with van der Waals surface area (Å²) >= 11 is 1.63. The van der Waals surface area contributed by atoms with Gasteiger partial charge in [0.2, 0.25) is 0 Å². The fourth-order valence-electron chi connectivity index (χ4n) is 2.54. The van der Waals surface area contributed by atoms with Crippen LogP contribution in [-0.4, -0.2) is 17.2 Å². The molecule has 0 atom stereocenters. The van der Waals surface area contributed by atoms with Crippen molar-refractivity contribution in [2.24, 2.45) is 5.92 Å². The number of thioether (sulfide) groups is 1. The lowest BCUT2D eigenvalue weighted by atomic mass is 10.1. The highest BCUT2D eigenvalue weighted by atomic mass is 32.2. The van der Waals surface area contributed by atoms with Crippen molar-refractivity contribution in [2.75, 3.05) is 17.6 Å². The molecule has 0 spiro atoms. The lowest BCUT2D eigenvalue weighted by Gasteiger charge is -2.11. The van der Waals surface area contributed by atoms with E-state index in [1.165, 1.54) is 25.7 Å². The molecule has 1 N–H and O–H groups in total. The number of benzene rings is 1. The molecular weight excluding hydrogens is 260 g/mol. The third-order valence-electron chi connectivity index (χ3n) is 3.50. The zero-order chi connectivity index (χ0) is 13.7. The number of nitrogens with one attached hydrogen (secondary N) is 1. The van der Waals surface area contributed by atoms with Gasteiger partial charge in [-0.1, -0.05) is 18.9 Å². The Morgan fingerprint density at radius 3 is 2.79 bits per heavy atom. The largest absolute Gasteiger partial charge is 0.380 e.